The first-order chi connectivity index (χ1) is 10.1. The summed E-state index contributed by atoms with van der Waals surface area (Å²) in [5, 5.41) is 11.2. The van der Waals surface area contributed by atoms with E-state index in [4.69, 9.17) is 0 Å². The summed E-state index contributed by atoms with van der Waals surface area (Å²) in [6.07, 6.45) is 0. The number of nitrogens with one attached hydrogen (secondary N) is 1. The molecular weight excluding hydrogens is 284 g/mol. The lowest BCUT2D eigenvalue weighted by atomic mass is 10.1. The second-order valence-corrected chi connectivity index (χ2v) is 6.71. The molecule has 4 nitrogen and oxygen atoms in total. The number of aromatic amines is 1. The summed E-state index contributed by atoms with van der Waals surface area (Å²) >= 11 is 0. The normalized spacial score (nSPS) is 12.9. The number of fused-ring (bicyclic) bond motifs is 1. The van der Waals surface area contributed by atoms with E-state index in [-0.39, 0.29) is 5.75 Å². The van der Waals surface area contributed by atoms with Gasteiger partial charge in [-0.05, 0) is 44.4 Å². The molecule has 0 fully saturated rings. The summed E-state index contributed by atoms with van der Waals surface area (Å²) in [6, 6.07) is 14.9. The van der Waals surface area contributed by atoms with Crippen LogP contribution in [0.25, 0.3) is 22.2 Å². The molecule has 1 aromatic heterocycles. The van der Waals surface area contributed by atoms with Gasteiger partial charge in [0.1, 0.15) is 16.7 Å². The van der Waals surface area contributed by atoms with Crippen LogP contribution in [0.5, 0.6) is 5.75 Å². The molecule has 0 saturated heterocycles. The van der Waals surface area contributed by atoms with Crippen LogP contribution in [0.1, 0.15) is 0 Å². The van der Waals surface area contributed by atoms with Gasteiger partial charge in [0, 0.05) is 16.5 Å². The summed E-state index contributed by atoms with van der Waals surface area (Å²) in [6.45, 7) is 0. The Labute approximate surface area is 125 Å². The molecule has 0 aliphatic heterocycles. The third-order valence-electron chi connectivity index (χ3n) is 3.32. The van der Waals surface area contributed by atoms with Crippen molar-refractivity contribution in [1.29, 1.82) is 0 Å². The largest absolute Gasteiger partial charge is 0.507 e. The van der Waals surface area contributed by atoms with Crippen molar-refractivity contribution in [3.05, 3.63) is 48.5 Å². The molecule has 3 rings (SSSR count). The Morgan fingerprint density at radius 2 is 1.86 bits per heavy atom. The van der Waals surface area contributed by atoms with Crippen molar-refractivity contribution in [2.24, 2.45) is 0 Å². The molecule has 1 atom stereocenters. The maximum atomic E-state index is 12.2. The molecule has 3 aromatic rings. The van der Waals surface area contributed by atoms with Crippen LogP contribution in [-0.4, -0.2) is 32.7 Å². The minimum atomic E-state index is -1.24. The average Bonchev–Trinajstić information content (AvgIpc) is 2.90. The second kappa shape index (κ2) is 5.35. The van der Waals surface area contributed by atoms with Gasteiger partial charge >= 0.3 is 0 Å². The van der Waals surface area contributed by atoms with Gasteiger partial charge in [-0.2, -0.15) is 0 Å². The quantitative estimate of drug-likeness (QED) is 0.781. The number of phenolic OH excluding ortho intramolecular Hbond substituents is 1. The molecule has 0 spiro atoms. The fraction of sp³-hybridized carbons (Fsp3) is 0.125. The van der Waals surface area contributed by atoms with E-state index in [9.17, 15) is 9.32 Å². The van der Waals surface area contributed by atoms with E-state index < -0.39 is 11.0 Å². The number of aromatic hydroxyl groups is 1. The number of hydrogen-bond donors (Lipinski definition) is 2. The molecule has 21 heavy (non-hydrogen) atoms. The minimum Gasteiger partial charge on any atom is -0.507 e. The van der Waals surface area contributed by atoms with Crippen molar-refractivity contribution >= 4 is 21.9 Å². The molecule has 2 aromatic carbocycles. The summed E-state index contributed by atoms with van der Waals surface area (Å²) in [5.41, 5.74) is 2.47. The summed E-state index contributed by atoms with van der Waals surface area (Å²) in [4.78, 5) is 3.93. The SMILES string of the molecule is CN(C)S(=O)c1ccc(O)c(-c2cc3ccccc3[nH]2)c1. The highest BCUT2D eigenvalue weighted by Gasteiger charge is 2.13. The van der Waals surface area contributed by atoms with Gasteiger partial charge in [0.25, 0.3) is 0 Å². The molecule has 1 unspecified atom stereocenters. The van der Waals surface area contributed by atoms with Gasteiger partial charge in [-0.25, -0.2) is 8.51 Å². The Hall–Kier alpha value is -2.11. The zero-order valence-corrected chi connectivity index (χ0v) is 12.6. The monoisotopic (exact) mass is 300 g/mol. The van der Waals surface area contributed by atoms with Gasteiger partial charge in [-0.15, -0.1) is 0 Å². The Bertz CT molecular complexity index is 791. The average molecular weight is 300 g/mol. The van der Waals surface area contributed by atoms with E-state index in [2.05, 4.69) is 4.98 Å². The van der Waals surface area contributed by atoms with E-state index in [1.807, 2.05) is 30.3 Å². The lowest BCUT2D eigenvalue weighted by Gasteiger charge is -2.11. The van der Waals surface area contributed by atoms with Crippen molar-refractivity contribution in [3.63, 3.8) is 0 Å². The smallest absolute Gasteiger partial charge is 0.127 e. The first kappa shape index (κ1) is 13.9. The van der Waals surface area contributed by atoms with E-state index in [1.165, 1.54) is 0 Å². The number of hydrogen-bond acceptors (Lipinski definition) is 2. The molecule has 0 amide bonds. The van der Waals surface area contributed by atoms with Crippen molar-refractivity contribution < 1.29 is 9.32 Å². The molecular formula is C16H16N2O2S. The van der Waals surface area contributed by atoms with Crippen LogP contribution in [0.2, 0.25) is 0 Å². The lowest BCUT2D eigenvalue weighted by Crippen LogP contribution is -2.15. The highest BCUT2D eigenvalue weighted by atomic mass is 32.2. The number of nitrogens with zero attached hydrogens (tertiary/aromatic N) is 1. The first-order valence-electron chi connectivity index (χ1n) is 6.56. The lowest BCUT2D eigenvalue weighted by molar-refractivity contribution is 0.476. The van der Waals surface area contributed by atoms with Crippen LogP contribution in [0, 0.1) is 0 Å². The van der Waals surface area contributed by atoms with Crippen LogP contribution in [-0.2, 0) is 11.0 Å². The van der Waals surface area contributed by atoms with Crippen LogP contribution in [0.3, 0.4) is 0 Å². The van der Waals surface area contributed by atoms with Gasteiger partial charge < -0.3 is 10.1 Å². The highest BCUT2D eigenvalue weighted by Crippen LogP contribution is 2.32. The first-order valence-corrected chi connectivity index (χ1v) is 7.67. The molecule has 1 heterocycles. The third-order valence-corrected chi connectivity index (χ3v) is 4.64. The van der Waals surface area contributed by atoms with E-state index in [0.717, 1.165) is 16.6 Å². The van der Waals surface area contributed by atoms with Crippen LogP contribution < -0.4 is 0 Å². The molecule has 0 radical (unpaired) electrons. The number of H-pyrrole nitrogens is 1. The van der Waals surface area contributed by atoms with Gasteiger partial charge in [0.05, 0.1) is 10.6 Å². The second-order valence-electron chi connectivity index (χ2n) is 5.01. The number of para-hydroxylation sites is 1. The molecule has 2 N–H and O–H groups in total. The Morgan fingerprint density at radius 3 is 2.57 bits per heavy atom. The molecule has 0 saturated carbocycles. The number of benzene rings is 2. The number of rotatable bonds is 3. The van der Waals surface area contributed by atoms with Gasteiger partial charge in [0.15, 0.2) is 0 Å². The fourth-order valence-electron chi connectivity index (χ4n) is 2.27. The van der Waals surface area contributed by atoms with Crippen molar-refractivity contribution in [3.8, 4) is 17.0 Å². The molecule has 0 bridgehead atoms. The van der Waals surface area contributed by atoms with Crippen molar-refractivity contribution in [2.45, 2.75) is 4.90 Å². The zero-order chi connectivity index (χ0) is 15.0. The number of aromatic nitrogens is 1. The fourth-order valence-corrected chi connectivity index (χ4v) is 3.09. The summed E-state index contributed by atoms with van der Waals surface area (Å²) < 4.78 is 13.8. The molecule has 0 aliphatic carbocycles. The molecule has 0 aliphatic rings. The predicted molar refractivity (Wildman–Crippen MR) is 85.5 cm³/mol. The van der Waals surface area contributed by atoms with Gasteiger partial charge in [-0.1, -0.05) is 18.2 Å². The van der Waals surface area contributed by atoms with Crippen LogP contribution in [0.15, 0.2) is 53.4 Å². The maximum absolute atomic E-state index is 12.2. The number of phenols is 1. The zero-order valence-electron chi connectivity index (χ0n) is 11.8. The van der Waals surface area contributed by atoms with Crippen LogP contribution in [0.4, 0.5) is 0 Å². The predicted octanol–water partition coefficient (Wildman–Crippen LogP) is 3.12. The summed E-state index contributed by atoms with van der Waals surface area (Å²) in [7, 11) is 2.27. The van der Waals surface area contributed by atoms with Crippen LogP contribution >= 0.6 is 0 Å². The molecule has 5 heteroatoms. The highest BCUT2D eigenvalue weighted by molar-refractivity contribution is 7.82. The van der Waals surface area contributed by atoms with Crippen molar-refractivity contribution in [2.75, 3.05) is 14.1 Å². The van der Waals surface area contributed by atoms with Gasteiger partial charge in [0.2, 0.25) is 0 Å². The molecule has 108 valence electrons. The third kappa shape index (κ3) is 2.57. The topological polar surface area (TPSA) is 56.3 Å². The van der Waals surface area contributed by atoms with Crippen molar-refractivity contribution in [1.82, 2.24) is 9.29 Å². The Balaban J connectivity index is 2.12. The standard InChI is InChI=1S/C16H16N2O2S/c1-18(2)21(20)12-7-8-16(19)13(10-12)15-9-11-5-3-4-6-14(11)17-15/h3-10,17,19H,1-2H3. The maximum Gasteiger partial charge on any atom is 0.127 e. The Kier molecular flexibility index (Phi) is 3.53. The minimum absolute atomic E-state index is 0.168. The van der Waals surface area contributed by atoms with E-state index in [1.54, 1.807) is 36.6 Å². The van der Waals surface area contributed by atoms with E-state index >= 15 is 0 Å². The summed E-state index contributed by atoms with van der Waals surface area (Å²) in [5.74, 6) is 0.168. The Morgan fingerprint density at radius 1 is 1.10 bits per heavy atom. The van der Waals surface area contributed by atoms with E-state index in [0.29, 0.717) is 10.5 Å². The van der Waals surface area contributed by atoms with Gasteiger partial charge in [-0.3, -0.25) is 0 Å².